The van der Waals surface area contributed by atoms with E-state index in [1.165, 1.54) is 0 Å². The lowest BCUT2D eigenvalue weighted by Gasteiger charge is -2.15. The fourth-order valence-corrected chi connectivity index (χ4v) is 4.08. The van der Waals surface area contributed by atoms with E-state index in [2.05, 4.69) is 56.6 Å². The third-order valence-electron chi connectivity index (χ3n) is 4.73. The largest absolute Gasteiger partial charge is 0.483 e. The van der Waals surface area contributed by atoms with Gasteiger partial charge in [0.05, 0.1) is 4.47 Å². The molecule has 0 bridgehead atoms. The fourth-order valence-electron chi connectivity index (χ4n) is 3.10. The average Bonchev–Trinajstić information content (AvgIpc) is 2.75. The van der Waals surface area contributed by atoms with Crippen molar-refractivity contribution in [2.24, 2.45) is 0 Å². The van der Waals surface area contributed by atoms with E-state index >= 15 is 0 Å². The highest BCUT2D eigenvalue weighted by Gasteiger charge is 2.12. The molecule has 0 saturated carbocycles. The van der Waals surface area contributed by atoms with E-state index in [1.807, 2.05) is 49.4 Å². The van der Waals surface area contributed by atoms with Crippen LogP contribution in [0.3, 0.4) is 0 Å². The van der Waals surface area contributed by atoms with Gasteiger partial charge >= 0.3 is 0 Å². The Labute approximate surface area is 203 Å². The lowest BCUT2D eigenvalue weighted by molar-refractivity contribution is -0.131. The maximum absolute atomic E-state index is 12.1. The Balaban J connectivity index is 1.49. The van der Waals surface area contributed by atoms with Crippen LogP contribution in [0.15, 0.2) is 57.5 Å². The maximum Gasteiger partial charge on any atom is 0.276 e. The van der Waals surface area contributed by atoms with Crippen molar-refractivity contribution in [2.75, 3.05) is 13.2 Å². The van der Waals surface area contributed by atoms with Crippen LogP contribution in [0, 0.1) is 6.92 Å². The summed E-state index contributed by atoms with van der Waals surface area (Å²) >= 11 is 6.97. The van der Waals surface area contributed by atoms with Gasteiger partial charge in [0.15, 0.2) is 13.2 Å². The van der Waals surface area contributed by atoms with Gasteiger partial charge in [0, 0.05) is 4.47 Å². The van der Waals surface area contributed by atoms with E-state index in [1.54, 1.807) is 6.07 Å². The summed E-state index contributed by atoms with van der Waals surface area (Å²) in [4.78, 5) is 24.2. The number of rotatable bonds is 7. The summed E-state index contributed by atoms with van der Waals surface area (Å²) in [5, 5.41) is 2.00. The molecule has 0 radical (unpaired) electrons. The second-order valence-electron chi connectivity index (χ2n) is 7.61. The Hall–Kier alpha value is -2.58. The van der Waals surface area contributed by atoms with Crippen LogP contribution in [0.5, 0.6) is 11.5 Å². The molecule has 32 heavy (non-hydrogen) atoms. The van der Waals surface area contributed by atoms with Crippen LogP contribution in [0.4, 0.5) is 0 Å². The minimum atomic E-state index is -0.487. The number of amides is 2. The molecule has 0 aliphatic rings. The van der Waals surface area contributed by atoms with E-state index < -0.39 is 11.8 Å². The van der Waals surface area contributed by atoms with Crippen molar-refractivity contribution in [2.45, 2.75) is 26.7 Å². The zero-order chi connectivity index (χ0) is 23.3. The summed E-state index contributed by atoms with van der Waals surface area (Å²) in [5.41, 5.74) is 6.75. The summed E-state index contributed by atoms with van der Waals surface area (Å²) in [6.45, 7) is 5.62. The molecule has 0 fully saturated rings. The smallest absolute Gasteiger partial charge is 0.276 e. The highest BCUT2D eigenvalue weighted by molar-refractivity contribution is 9.11. The van der Waals surface area contributed by atoms with E-state index in [0.717, 1.165) is 30.8 Å². The van der Waals surface area contributed by atoms with E-state index in [0.29, 0.717) is 11.5 Å². The molecule has 0 aliphatic carbocycles. The molecule has 0 aromatic heterocycles. The van der Waals surface area contributed by atoms with Crippen molar-refractivity contribution in [3.63, 3.8) is 0 Å². The monoisotopic (exact) mass is 562 g/mol. The highest BCUT2D eigenvalue weighted by Crippen LogP contribution is 2.34. The summed E-state index contributed by atoms with van der Waals surface area (Å²) in [6.07, 6.45) is 0. The second-order valence-corrected chi connectivity index (χ2v) is 9.32. The lowest BCUT2D eigenvalue weighted by atomic mass is 10.0. The van der Waals surface area contributed by atoms with Crippen LogP contribution in [-0.4, -0.2) is 25.0 Å². The van der Waals surface area contributed by atoms with Gasteiger partial charge in [-0.1, -0.05) is 54.0 Å². The summed E-state index contributed by atoms with van der Waals surface area (Å²) in [7, 11) is 0. The van der Waals surface area contributed by atoms with Gasteiger partial charge in [-0.3, -0.25) is 20.4 Å². The molecular formula is C24H24Br2N2O4. The van der Waals surface area contributed by atoms with Crippen molar-refractivity contribution >= 4 is 54.4 Å². The van der Waals surface area contributed by atoms with Crippen molar-refractivity contribution in [3.05, 3.63) is 68.6 Å². The van der Waals surface area contributed by atoms with E-state index in [9.17, 15) is 9.59 Å². The van der Waals surface area contributed by atoms with Crippen LogP contribution in [0.1, 0.15) is 30.9 Å². The first kappa shape index (κ1) is 24.1. The molecule has 3 aromatic carbocycles. The molecule has 168 valence electrons. The highest BCUT2D eigenvalue weighted by atomic mass is 79.9. The topological polar surface area (TPSA) is 76.7 Å². The molecule has 3 rings (SSSR count). The molecule has 3 aromatic rings. The van der Waals surface area contributed by atoms with Gasteiger partial charge in [0.2, 0.25) is 0 Å². The Morgan fingerprint density at radius 3 is 2.19 bits per heavy atom. The standard InChI is InChI=1S/C24H24Br2N2O4/c1-14(2)18-7-4-15(3)10-21(18)32-13-23(30)28-27-22(29)12-31-20-9-5-16-11-17(25)6-8-19(16)24(20)26/h4-11,14H,12-13H2,1-3H3,(H,27,29)(H,28,30). The van der Waals surface area contributed by atoms with Gasteiger partial charge in [-0.15, -0.1) is 0 Å². The molecule has 8 heteroatoms. The molecule has 0 unspecified atom stereocenters. The van der Waals surface area contributed by atoms with Crippen molar-refractivity contribution in [1.29, 1.82) is 0 Å². The normalized spacial score (nSPS) is 10.8. The van der Waals surface area contributed by atoms with Gasteiger partial charge in [0.25, 0.3) is 11.8 Å². The molecule has 0 heterocycles. The first-order valence-electron chi connectivity index (χ1n) is 10.1. The number of carbonyl (C=O) groups excluding carboxylic acids is 2. The summed E-state index contributed by atoms with van der Waals surface area (Å²) in [6, 6.07) is 15.5. The number of carbonyl (C=O) groups is 2. The van der Waals surface area contributed by atoms with Gasteiger partial charge in [-0.2, -0.15) is 0 Å². The minimum absolute atomic E-state index is 0.212. The van der Waals surface area contributed by atoms with Gasteiger partial charge in [-0.25, -0.2) is 0 Å². The summed E-state index contributed by atoms with van der Waals surface area (Å²) < 4.78 is 13.0. The molecule has 0 atom stereocenters. The number of hydrogen-bond acceptors (Lipinski definition) is 4. The second kappa shape index (κ2) is 10.8. The first-order valence-corrected chi connectivity index (χ1v) is 11.6. The SMILES string of the molecule is Cc1ccc(C(C)C)c(OCC(=O)NNC(=O)COc2ccc3cc(Br)ccc3c2Br)c1. The zero-order valence-electron chi connectivity index (χ0n) is 18.0. The minimum Gasteiger partial charge on any atom is -0.483 e. The van der Waals surface area contributed by atoms with Crippen molar-refractivity contribution in [3.8, 4) is 11.5 Å². The van der Waals surface area contributed by atoms with Crippen LogP contribution in [0.25, 0.3) is 10.8 Å². The van der Waals surface area contributed by atoms with E-state index in [-0.39, 0.29) is 19.1 Å². The molecule has 0 saturated heterocycles. The number of hydrogen-bond donors (Lipinski definition) is 2. The number of halogens is 2. The quantitative estimate of drug-likeness (QED) is 0.377. The molecule has 0 aliphatic heterocycles. The number of aryl methyl sites for hydroxylation is 1. The van der Waals surface area contributed by atoms with Crippen LogP contribution >= 0.6 is 31.9 Å². The Morgan fingerprint density at radius 2 is 1.53 bits per heavy atom. The van der Waals surface area contributed by atoms with E-state index in [4.69, 9.17) is 9.47 Å². The Bertz CT molecular complexity index is 1150. The van der Waals surface area contributed by atoms with Crippen LogP contribution in [0.2, 0.25) is 0 Å². The van der Waals surface area contributed by atoms with Crippen molar-refractivity contribution < 1.29 is 19.1 Å². The number of ether oxygens (including phenoxy) is 2. The van der Waals surface area contributed by atoms with Crippen LogP contribution in [-0.2, 0) is 9.59 Å². The number of fused-ring (bicyclic) bond motifs is 1. The number of benzene rings is 3. The third-order valence-corrected chi connectivity index (χ3v) is 6.04. The molecule has 6 nitrogen and oxygen atoms in total. The predicted molar refractivity (Wildman–Crippen MR) is 132 cm³/mol. The molecular weight excluding hydrogens is 540 g/mol. The van der Waals surface area contributed by atoms with Crippen LogP contribution < -0.4 is 20.3 Å². The Morgan fingerprint density at radius 1 is 0.875 bits per heavy atom. The van der Waals surface area contributed by atoms with Crippen molar-refractivity contribution in [1.82, 2.24) is 10.9 Å². The third kappa shape index (κ3) is 6.23. The number of nitrogens with one attached hydrogen (secondary N) is 2. The fraction of sp³-hybridized carbons (Fsp3) is 0.250. The Kier molecular flexibility index (Phi) is 8.15. The van der Waals surface area contributed by atoms with Gasteiger partial charge in [0.1, 0.15) is 11.5 Å². The first-order chi connectivity index (χ1) is 15.2. The maximum atomic E-state index is 12.1. The molecule has 2 amide bonds. The lowest BCUT2D eigenvalue weighted by Crippen LogP contribution is -2.45. The summed E-state index contributed by atoms with van der Waals surface area (Å²) in [5.74, 6) is 0.511. The zero-order valence-corrected chi connectivity index (χ0v) is 21.2. The predicted octanol–water partition coefficient (Wildman–Crippen LogP) is 5.40. The van der Waals surface area contributed by atoms with Gasteiger partial charge in [-0.05, 0) is 74.9 Å². The number of hydrazine groups is 1. The molecule has 2 N–H and O–H groups in total. The average molecular weight is 564 g/mol. The molecule has 0 spiro atoms. The van der Waals surface area contributed by atoms with Gasteiger partial charge < -0.3 is 9.47 Å².